The van der Waals surface area contributed by atoms with Crippen LogP contribution in [0.1, 0.15) is 19.5 Å². The van der Waals surface area contributed by atoms with Crippen LogP contribution < -0.4 is 5.56 Å². The summed E-state index contributed by atoms with van der Waals surface area (Å²) in [6.07, 6.45) is 0.853. The Balaban J connectivity index is 2.94. The van der Waals surface area contributed by atoms with Gasteiger partial charge >= 0.3 is 0 Å². The zero-order valence-corrected chi connectivity index (χ0v) is 10.2. The Labute approximate surface area is 99.5 Å². The van der Waals surface area contributed by atoms with Crippen molar-refractivity contribution >= 4 is 22.4 Å². The van der Waals surface area contributed by atoms with Crippen molar-refractivity contribution in [1.82, 2.24) is 4.57 Å². The van der Waals surface area contributed by atoms with Crippen molar-refractivity contribution in [2.75, 3.05) is 0 Å². The molecule has 1 heterocycles. The van der Waals surface area contributed by atoms with Gasteiger partial charge in [-0.2, -0.15) is 0 Å². The van der Waals surface area contributed by atoms with E-state index in [0.717, 1.165) is 17.5 Å². The fourth-order valence-electron chi connectivity index (χ4n) is 2.05. The van der Waals surface area contributed by atoms with Gasteiger partial charge in [0.25, 0.3) is 5.56 Å². The minimum absolute atomic E-state index is 0.0162. The molecule has 1 aromatic carbocycles. The predicted molar refractivity (Wildman–Crippen MR) is 68.3 cm³/mol. The Hall–Kier alpha value is -1.28. The van der Waals surface area contributed by atoms with E-state index >= 15 is 0 Å². The van der Waals surface area contributed by atoms with E-state index in [2.05, 4.69) is 6.92 Å². The Bertz CT molecular complexity index is 586. The lowest BCUT2D eigenvalue weighted by molar-refractivity contribution is 0.688. The first-order chi connectivity index (χ1) is 7.69. The Morgan fingerprint density at radius 1 is 1.31 bits per heavy atom. The smallest absolute Gasteiger partial charge is 0.260 e. The summed E-state index contributed by atoms with van der Waals surface area (Å²) in [5, 5.41) is 2.09. The van der Waals surface area contributed by atoms with Crippen molar-refractivity contribution in [2.24, 2.45) is 0 Å². The molecule has 3 heteroatoms. The first-order valence-electron chi connectivity index (χ1n) is 5.50. The molecule has 0 aliphatic carbocycles. The van der Waals surface area contributed by atoms with Gasteiger partial charge in [0.15, 0.2) is 0 Å². The fraction of sp³-hybridized carbons (Fsp3) is 0.308. The van der Waals surface area contributed by atoms with Gasteiger partial charge in [-0.1, -0.05) is 30.7 Å². The number of benzene rings is 1. The molecule has 0 radical (unpaired) electrons. The third-order valence-corrected chi connectivity index (χ3v) is 3.17. The van der Waals surface area contributed by atoms with Crippen LogP contribution in [0.2, 0.25) is 5.02 Å². The number of pyridine rings is 1. The largest absolute Gasteiger partial charge is 0.312 e. The molecule has 0 aliphatic rings. The molecule has 0 fully saturated rings. The van der Waals surface area contributed by atoms with E-state index in [-0.39, 0.29) is 5.56 Å². The normalized spacial score (nSPS) is 10.9. The summed E-state index contributed by atoms with van der Waals surface area (Å²) in [5.41, 5.74) is 1.07. The number of aromatic nitrogens is 1. The molecule has 0 amide bonds. The van der Waals surface area contributed by atoms with Crippen LogP contribution in [0.25, 0.3) is 10.8 Å². The number of rotatable bonds is 2. The molecule has 1 aromatic heterocycles. The molecule has 0 N–H and O–H groups in total. The van der Waals surface area contributed by atoms with E-state index in [1.165, 1.54) is 0 Å². The Morgan fingerprint density at radius 3 is 2.69 bits per heavy atom. The summed E-state index contributed by atoms with van der Waals surface area (Å²) in [7, 11) is 0. The second kappa shape index (κ2) is 4.30. The zero-order valence-electron chi connectivity index (χ0n) is 9.46. The number of aryl methyl sites for hydroxylation is 1. The van der Waals surface area contributed by atoms with Gasteiger partial charge in [-0.05, 0) is 30.9 Å². The third kappa shape index (κ3) is 1.63. The number of hydrogen-bond donors (Lipinski definition) is 0. The lowest BCUT2D eigenvalue weighted by atomic mass is 10.1. The molecule has 2 aromatic rings. The summed E-state index contributed by atoms with van der Waals surface area (Å²) in [6.45, 7) is 4.71. The highest BCUT2D eigenvalue weighted by Gasteiger charge is 2.09. The number of halogens is 1. The molecule has 0 saturated heterocycles. The van der Waals surface area contributed by atoms with Crippen LogP contribution in [0.3, 0.4) is 0 Å². The molecule has 0 aliphatic heterocycles. The number of nitrogens with zero attached hydrogens (tertiary/aromatic N) is 1. The maximum atomic E-state index is 12.2. The van der Waals surface area contributed by atoms with Crippen LogP contribution in [-0.4, -0.2) is 4.57 Å². The lowest BCUT2D eigenvalue weighted by Gasteiger charge is -2.11. The summed E-state index contributed by atoms with van der Waals surface area (Å²) in [4.78, 5) is 12.2. The van der Waals surface area contributed by atoms with Gasteiger partial charge in [0.2, 0.25) is 0 Å². The molecule has 0 spiro atoms. The van der Waals surface area contributed by atoms with Crippen molar-refractivity contribution in [1.29, 1.82) is 0 Å². The van der Waals surface area contributed by atoms with Crippen LogP contribution in [0, 0.1) is 0 Å². The molecule has 0 atom stereocenters. The SMILES string of the molecule is CCc1cc2cccc(Cl)c2c(=O)n1CC. The third-order valence-electron chi connectivity index (χ3n) is 2.85. The molecule has 2 rings (SSSR count). The van der Waals surface area contributed by atoms with Gasteiger partial charge in [-0.3, -0.25) is 4.79 Å². The van der Waals surface area contributed by atoms with Crippen molar-refractivity contribution < 1.29 is 0 Å². The molecule has 0 bridgehead atoms. The highest BCUT2D eigenvalue weighted by Crippen LogP contribution is 2.21. The summed E-state index contributed by atoms with van der Waals surface area (Å²) < 4.78 is 1.79. The van der Waals surface area contributed by atoms with Crippen molar-refractivity contribution in [2.45, 2.75) is 26.8 Å². The average Bonchev–Trinajstić information content (AvgIpc) is 2.28. The first kappa shape index (κ1) is 11.2. The number of hydrogen-bond acceptors (Lipinski definition) is 1. The summed E-state index contributed by atoms with van der Waals surface area (Å²) in [6, 6.07) is 7.62. The molecule has 84 valence electrons. The van der Waals surface area contributed by atoms with Crippen LogP contribution in [0.5, 0.6) is 0 Å². The molecular weight excluding hydrogens is 222 g/mol. The Morgan fingerprint density at radius 2 is 2.06 bits per heavy atom. The highest BCUT2D eigenvalue weighted by atomic mass is 35.5. The minimum atomic E-state index is 0.0162. The molecule has 16 heavy (non-hydrogen) atoms. The van der Waals surface area contributed by atoms with Crippen molar-refractivity contribution in [3.05, 3.63) is 45.3 Å². The average molecular weight is 236 g/mol. The lowest BCUT2D eigenvalue weighted by Crippen LogP contribution is -2.22. The van der Waals surface area contributed by atoms with E-state index in [9.17, 15) is 4.79 Å². The maximum absolute atomic E-state index is 12.2. The molecule has 0 saturated carbocycles. The molecule has 2 nitrogen and oxygen atoms in total. The molecular formula is C13H14ClNO. The van der Waals surface area contributed by atoms with Crippen LogP contribution in [0.15, 0.2) is 29.1 Å². The van der Waals surface area contributed by atoms with Gasteiger partial charge in [0.1, 0.15) is 0 Å². The Kier molecular flexibility index (Phi) is 3.01. The van der Waals surface area contributed by atoms with Crippen LogP contribution in [0.4, 0.5) is 0 Å². The van der Waals surface area contributed by atoms with Gasteiger partial charge < -0.3 is 4.57 Å². The van der Waals surface area contributed by atoms with E-state index in [4.69, 9.17) is 11.6 Å². The summed E-state index contributed by atoms with van der Waals surface area (Å²) >= 11 is 6.07. The highest BCUT2D eigenvalue weighted by molar-refractivity contribution is 6.35. The second-order valence-electron chi connectivity index (χ2n) is 3.74. The van der Waals surface area contributed by atoms with Gasteiger partial charge in [0.05, 0.1) is 10.4 Å². The zero-order chi connectivity index (χ0) is 11.7. The fourth-order valence-corrected chi connectivity index (χ4v) is 2.31. The predicted octanol–water partition coefficient (Wildman–Crippen LogP) is 3.24. The number of fused-ring (bicyclic) bond motifs is 1. The standard InChI is InChI=1S/C13H14ClNO/c1-3-10-8-9-6-5-7-11(14)12(9)13(16)15(10)4-2/h5-8H,3-4H2,1-2H3. The minimum Gasteiger partial charge on any atom is -0.312 e. The van der Waals surface area contributed by atoms with Gasteiger partial charge in [-0.15, -0.1) is 0 Å². The van der Waals surface area contributed by atoms with E-state index in [1.54, 1.807) is 10.6 Å². The topological polar surface area (TPSA) is 22.0 Å². The van der Waals surface area contributed by atoms with Crippen molar-refractivity contribution in [3.63, 3.8) is 0 Å². The monoisotopic (exact) mass is 235 g/mol. The van der Waals surface area contributed by atoms with Gasteiger partial charge in [0, 0.05) is 12.2 Å². The van der Waals surface area contributed by atoms with E-state index in [0.29, 0.717) is 17.0 Å². The van der Waals surface area contributed by atoms with Crippen molar-refractivity contribution in [3.8, 4) is 0 Å². The summed E-state index contributed by atoms with van der Waals surface area (Å²) in [5.74, 6) is 0. The first-order valence-corrected chi connectivity index (χ1v) is 5.87. The van der Waals surface area contributed by atoms with Crippen LogP contribution in [-0.2, 0) is 13.0 Å². The van der Waals surface area contributed by atoms with E-state index in [1.807, 2.05) is 25.1 Å². The molecule has 0 unspecified atom stereocenters. The van der Waals surface area contributed by atoms with Gasteiger partial charge in [-0.25, -0.2) is 0 Å². The van der Waals surface area contributed by atoms with Crippen LogP contribution >= 0.6 is 11.6 Å². The van der Waals surface area contributed by atoms with E-state index < -0.39 is 0 Å². The second-order valence-corrected chi connectivity index (χ2v) is 4.15. The maximum Gasteiger partial charge on any atom is 0.260 e. The quantitative estimate of drug-likeness (QED) is 0.783.